The molecule has 14 nitrogen and oxygen atoms in total. The van der Waals surface area contributed by atoms with Gasteiger partial charge in [-0.1, -0.05) is 12.1 Å². The predicted octanol–water partition coefficient (Wildman–Crippen LogP) is -0.00910. The summed E-state index contributed by atoms with van der Waals surface area (Å²) in [5.41, 5.74) is 0.571. The van der Waals surface area contributed by atoms with Crippen LogP contribution >= 0.6 is 0 Å². The molecule has 4 rings (SSSR count). The lowest BCUT2D eigenvalue weighted by Gasteiger charge is -2.41. The van der Waals surface area contributed by atoms with Gasteiger partial charge in [0.15, 0.2) is 41.3 Å². The van der Waals surface area contributed by atoms with Crippen LogP contribution in [0.3, 0.4) is 0 Å². The molecule has 14 heteroatoms. The van der Waals surface area contributed by atoms with E-state index in [0.29, 0.717) is 5.56 Å². The maximum Gasteiger partial charge on any atom is 0.367 e. The molecule has 2 aliphatic heterocycles. The van der Waals surface area contributed by atoms with Crippen molar-refractivity contribution in [1.29, 1.82) is 0 Å². The number of aliphatic hydroxyl groups excluding tert-OH is 2. The van der Waals surface area contributed by atoms with Gasteiger partial charge in [0.1, 0.15) is 12.2 Å². The molecule has 40 heavy (non-hydrogen) atoms. The van der Waals surface area contributed by atoms with E-state index < -0.39 is 72.3 Å². The van der Waals surface area contributed by atoms with Gasteiger partial charge in [0.25, 0.3) is 0 Å². The van der Waals surface area contributed by atoms with Crippen LogP contribution in [0.1, 0.15) is 11.1 Å². The van der Waals surface area contributed by atoms with Crippen LogP contribution in [0, 0.1) is 0 Å². The highest BCUT2D eigenvalue weighted by atomic mass is 16.8. The summed E-state index contributed by atoms with van der Waals surface area (Å²) in [6.07, 6.45) is -4.37. The second kappa shape index (κ2) is 11.2. The Balaban J connectivity index is 1.58. The van der Waals surface area contributed by atoms with E-state index in [1.807, 2.05) is 0 Å². The second-order valence-electron chi connectivity index (χ2n) is 8.80. The van der Waals surface area contributed by atoms with Crippen molar-refractivity contribution in [2.24, 2.45) is 0 Å². The maximum absolute atomic E-state index is 12.7. The average molecular weight is 560 g/mol. The fraction of sp³-hybridized carbons (Fsp3) is 0.269. The quantitative estimate of drug-likeness (QED) is 0.128. The number of carbonyl (C=O) groups is 3. The molecule has 0 aromatic heterocycles. The number of hydrogen-bond acceptors (Lipinski definition) is 13. The van der Waals surface area contributed by atoms with Crippen LogP contribution in [0.2, 0.25) is 0 Å². The van der Waals surface area contributed by atoms with E-state index in [0.717, 1.165) is 24.3 Å². The molecule has 2 saturated heterocycles. The molecule has 2 heterocycles. The van der Waals surface area contributed by atoms with Crippen molar-refractivity contribution in [2.45, 2.75) is 36.3 Å². The molecule has 2 aliphatic rings. The van der Waals surface area contributed by atoms with Gasteiger partial charge in [-0.15, -0.1) is 0 Å². The van der Waals surface area contributed by atoms with Gasteiger partial charge >= 0.3 is 23.7 Å². The summed E-state index contributed by atoms with van der Waals surface area (Å²) in [6, 6.07) is 7.40. The van der Waals surface area contributed by atoms with Gasteiger partial charge in [-0.05, 0) is 47.5 Å². The number of esters is 2. The minimum atomic E-state index is -2.74. The standard InChI is InChI=1S/C26H24O14/c27-11-18-21-22(37-19(32)7-3-12-1-5-14(28)16(30)9-12)23(24(34)26(39-18,40-21)25(35)36)38-20(33)8-4-13-2-6-15(29)17(31)10-13/h1-10,18,21-24,27-31,34H,11H2,(H,35,36)/t18-,21-,22+,23+,24-,26+/m1/s1. The first-order valence-electron chi connectivity index (χ1n) is 11.6. The zero-order valence-corrected chi connectivity index (χ0v) is 20.4. The van der Waals surface area contributed by atoms with E-state index >= 15 is 0 Å². The summed E-state index contributed by atoms with van der Waals surface area (Å²) in [5.74, 6) is -8.37. The number of carboxylic acids is 1. The average Bonchev–Trinajstić information content (AvgIpc) is 3.29. The van der Waals surface area contributed by atoms with Crippen LogP contribution in [0.5, 0.6) is 23.0 Å². The molecule has 7 N–H and O–H groups in total. The number of phenols is 4. The van der Waals surface area contributed by atoms with Crippen molar-refractivity contribution in [3.8, 4) is 23.0 Å². The van der Waals surface area contributed by atoms with E-state index in [1.54, 1.807) is 0 Å². The highest BCUT2D eigenvalue weighted by Gasteiger charge is 2.69. The Bertz CT molecular complexity index is 1370. The zero-order chi connectivity index (χ0) is 29.2. The van der Waals surface area contributed by atoms with E-state index in [4.69, 9.17) is 18.9 Å². The Kier molecular flexibility index (Phi) is 7.97. The van der Waals surface area contributed by atoms with Gasteiger partial charge in [0, 0.05) is 12.2 Å². The molecule has 2 aromatic carbocycles. The Labute approximate surface area is 225 Å². The van der Waals surface area contributed by atoms with Crippen molar-refractivity contribution in [3.63, 3.8) is 0 Å². The van der Waals surface area contributed by atoms with E-state index in [1.165, 1.54) is 36.4 Å². The van der Waals surface area contributed by atoms with Crippen LogP contribution in [-0.4, -0.2) is 96.6 Å². The number of carbonyl (C=O) groups excluding carboxylic acids is 2. The summed E-state index contributed by atoms with van der Waals surface area (Å²) in [7, 11) is 0. The number of fused-ring (bicyclic) bond motifs is 2. The highest BCUT2D eigenvalue weighted by molar-refractivity contribution is 5.88. The molecule has 6 atom stereocenters. The minimum Gasteiger partial charge on any atom is -0.504 e. The molecule has 212 valence electrons. The molecule has 0 aliphatic carbocycles. The summed E-state index contributed by atoms with van der Waals surface area (Å²) in [5, 5.41) is 68.4. The molecule has 0 unspecified atom stereocenters. The molecular formula is C26H24O14. The molecule has 0 amide bonds. The number of aromatic hydroxyl groups is 4. The van der Waals surface area contributed by atoms with E-state index in [9.17, 15) is 50.1 Å². The van der Waals surface area contributed by atoms with Gasteiger partial charge in [0.05, 0.1) is 6.61 Å². The number of benzene rings is 2. The fourth-order valence-corrected chi connectivity index (χ4v) is 4.20. The zero-order valence-electron chi connectivity index (χ0n) is 20.4. The number of carboxylic acid groups (broad SMARTS) is 1. The van der Waals surface area contributed by atoms with Gasteiger partial charge in [-0.25, -0.2) is 14.4 Å². The summed E-state index contributed by atoms with van der Waals surface area (Å²) in [4.78, 5) is 37.3. The third-order valence-electron chi connectivity index (χ3n) is 6.16. The lowest BCUT2D eigenvalue weighted by molar-refractivity contribution is -0.292. The Morgan fingerprint density at radius 3 is 1.75 bits per heavy atom. The van der Waals surface area contributed by atoms with Crippen molar-refractivity contribution in [2.75, 3.05) is 6.61 Å². The predicted molar refractivity (Wildman–Crippen MR) is 131 cm³/mol. The van der Waals surface area contributed by atoms with Crippen LogP contribution in [0.4, 0.5) is 0 Å². The van der Waals surface area contributed by atoms with Gasteiger partial charge in [0.2, 0.25) is 0 Å². The monoisotopic (exact) mass is 560 g/mol. The van der Waals surface area contributed by atoms with Crippen molar-refractivity contribution >= 4 is 30.1 Å². The van der Waals surface area contributed by atoms with E-state index in [-0.39, 0.29) is 17.1 Å². The van der Waals surface area contributed by atoms with Crippen LogP contribution in [-0.2, 0) is 33.3 Å². The van der Waals surface area contributed by atoms with Crippen LogP contribution in [0.25, 0.3) is 12.2 Å². The Morgan fingerprint density at radius 1 is 0.800 bits per heavy atom. The van der Waals surface area contributed by atoms with E-state index in [2.05, 4.69) is 0 Å². The first-order valence-corrected chi connectivity index (χ1v) is 11.6. The molecule has 0 saturated carbocycles. The smallest absolute Gasteiger partial charge is 0.367 e. The van der Waals surface area contributed by atoms with Gasteiger partial charge in [-0.2, -0.15) is 0 Å². The first-order chi connectivity index (χ1) is 18.9. The normalized spacial score (nSPS) is 27.6. The number of phenolic OH excluding ortho intramolecular Hbond substituents is 4. The molecule has 2 bridgehead atoms. The van der Waals surface area contributed by atoms with Gasteiger partial charge in [-0.3, -0.25) is 0 Å². The first kappa shape index (κ1) is 28.4. The van der Waals surface area contributed by atoms with Crippen molar-refractivity contribution in [3.05, 3.63) is 59.7 Å². The summed E-state index contributed by atoms with van der Waals surface area (Å²) in [6.45, 7) is -0.798. The van der Waals surface area contributed by atoms with Crippen LogP contribution in [0.15, 0.2) is 48.6 Å². The second-order valence-corrected chi connectivity index (χ2v) is 8.80. The Morgan fingerprint density at radius 2 is 1.30 bits per heavy atom. The number of rotatable bonds is 8. The SMILES string of the molecule is O=C(C=Cc1ccc(O)c(O)c1)O[C@@H]1[C@H](OC(=O)C=Cc2ccc(O)c(O)c2)[C@@H](O)[C@@]2(C(=O)O)O[C@@H]1[C@@H](CO)O2. The Hall–Kier alpha value is -4.63. The van der Waals surface area contributed by atoms with Crippen molar-refractivity contribution in [1.82, 2.24) is 0 Å². The van der Waals surface area contributed by atoms with Gasteiger partial charge < -0.3 is 54.7 Å². The summed E-state index contributed by atoms with van der Waals surface area (Å²) >= 11 is 0. The lowest BCUT2D eigenvalue weighted by atomic mass is 9.92. The van der Waals surface area contributed by atoms with Crippen molar-refractivity contribution < 1.29 is 69.1 Å². The number of hydrogen-bond donors (Lipinski definition) is 7. The topological polar surface area (TPSA) is 230 Å². The molecule has 0 spiro atoms. The molecule has 0 radical (unpaired) electrons. The summed E-state index contributed by atoms with van der Waals surface area (Å²) < 4.78 is 21.3. The number of aliphatic carboxylic acids is 1. The largest absolute Gasteiger partial charge is 0.504 e. The number of ether oxygens (including phenoxy) is 4. The molecule has 2 aromatic rings. The minimum absolute atomic E-state index is 0.277. The lowest BCUT2D eigenvalue weighted by Crippen LogP contribution is -2.65. The highest BCUT2D eigenvalue weighted by Crippen LogP contribution is 2.43. The molecular weight excluding hydrogens is 536 g/mol. The third-order valence-corrected chi connectivity index (χ3v) is 6.16. The number of aliphatic hydroxyl groups is 2. The third kappa shape index (κ3) is 5.55. The molecule has 2 fully saturated rings. The fourth-order valence-electron chi connectivity index (χ4n) is 4.20. The maximum atomic E-state index is 12.7. The van der Waals surface area contributed by atoms with Crippen LogP contribution < -0.4 is 0 Å².